The molecule has 0 bridgehead atoms. The largest absolute Gasteiger partial charge is 0.481 e. The van der Waals surface area contributed by atoms with Crippen LogP contribution in [0.25, 0.3) is 0 Å². The van der Waals surface area contributed by atoms with E-state index in [1.807, 2.05) is 46.4 Å². The molecule has 4 N–H and O–H groups in total. The predicted molar refractivity (Wildman–Crippen MR) is 201 cm³/mol. The SMILES string of the molecule is CC(C)C(NC(=O)CCCCCCCSCCCCCC(=O)NCCCOCCOCCOCCCNC(=O)CCC(=O)O)C(=O)OC(C)(C)C. The number of amides is 3. The van der Waals surface area contributed by atoms with Gasteiger partial charge in [-0.05, 0) is 76.7 Å². The number of thioether (sulfide) groups is 1. The third-order valence-corrected chi connectivity index (χ3v) is 8.57. The molecule has 1 unspecified atom stereocenters. The van der Waals surface area contributed by atoms with Crippen LogP contribution in [0.2, 0.25) is 0 Å². The number of rotatable bonds is 34. The molecular formula is C37H69N3O10S. The number of ether oxygens (including phenoxy) is 4. The number of hydrogen-bond acceptors (Lipinski definition) is 10. The summed E-state index contributed by atoms with van der Waals surface area (Å²) in [6.07, 6.45) is 10.5. The van der Waals surface area contributed by atoms with Crippen molar-refractivity contribution in [3.63, 3.8) is 0 Å². The average Bonchev–Trinajstić information content (AvgIpc) is 3.05. The summed E-state index contributed by atoms with van der Waals surface area (Å²) < 4.78 is 21.9. The Labute approximate surface area is 311 Å². The first-order valence-electron chi connectivity index (χ1n) is 18.9. The molecule has 0 radical (unpaired) electrons. The van der Waals surface area contributed by atoms with Gasteiger partial charge in [0.15, 0.2) is 0 Å². The second-order valence-corrected chi connectivity index (χ2v) is 15.1. The van der Waals surface area contributed by atoms with Crippen molar-refractivity contribution < 1.29 is 48.0 Å². The van der Waals surface area contributed by atoms with Gasteiger partial charge in [0.2, 0.25) is 17.7 Å². The Bertz CT molecular complexity index is 946. The summed E-state index contributed by atoms with van der Waals surface area (Å²) in [5.74, 6) is 0.587. The molecular weight excluding hydrogens is 678 g/mol. The molecule has 0 aromatic rings. The van der Waals surface area contributed by atoms with Gasteiger partial charge in [-0.25, -0.2) is 4.79 Å². The lowest BCUT2D eigenvalue weighted by atomic mass is 10.0. The summed E-state index contributed by atoms with van der Waals surface area (Å²) in [5.41, 5.74) is -0.579. The highest BCUT2D eigenvalue weighted by Crippen LogP contribution is 2.14. The number of unbranched alkanes of at least 4 members (excludes halogenated alkanes) is 6. The molecule has 0 saturated carbocycles. The van der Waals surface area contributed by atoms with Crippen LogP contribution < -0.4 is 16.0 Å². The second kappa shape index (κ2) is 32.2. The Balaban J connectivity index is 3.44. The molecule has 14 heteroatoms. The number of nitrogens with one attached hydrogen (secondary N) is 3. The minimum atomic E-state index is -0.985. The normalized spacial score (nSPS) is 12.0. The molecule has 3 amide bonds. The van der Waals surface area contributed by atoms with Crippen molar-refractivity contribution in [1.29, 1.82) is 0 Å². The lowest BCUT2D eigenvalue weighted by molar-refractivity contribution is -0.160. The zero-order chi connectivity index (χ0) is 38.2. The van der Waals surface area contributed by atoms with Crippen molar-refractivity contribution in [2.75, 3.05) is 64.2 Å². The van der Waals surface area contributed by atoms with Gasteiger partial charge in [-0.1, -0.05) is 39.5 Å². The van der Waals surface area contributed by atoms with Crippen LogP contribution in [0.1, 0.15) is 125 Å². The van der Waals surface area contributed by atoms with E-state index >= 15 is 0 Å². The van der Waals surface area contributed by atoms with Crippen molar-refractivity contribution in [1.82, 2.24) is 16.0 Å². The highest BCUT2D eigenvalue weighted by atomic mass is 32.2. The molecule has 51 heavy (non-hydrogen) atoms. The minimum Gasteiger partial charge on any atom is -0.481 e. The number of carbonyl (C=O) groups is 5. The van der Waals surface area contributed by atoms with Crippen LogP contribution in [0, 0.1) is 5.92 Å². The first-order valence-corrected chi connectivity index (χ1v) is 20.1. The van der Waals surface area contributed by atoms with Crippen LogP contribution in [0.15, 0.2) is 0 Å². The van der Waals surface area contributed by atoms with Crippen LogP contribution >= 0.6 is 11.8 Å². The number of hydrogen-bond donors (Lipinski definition) is 4. The smallest absolute Gasteiger partial charge is 0.329 e. The monoisotopic (exact) mass is 747 g/mol. The molecule has 0 aromatic heterocycles. The number of aliphatic carboxylic acids is 1. The summed E-state index contributed by atoms with van der Waals surface area (Å²) in [6, 6.07) is -0.616. The molecule has 298 valence electrons. The fraction of sp³-hybridized carbons (Fsp3) is 0.865. The van der Waals surface area contributed by atoms with Crippen molar-refractivity contribution in [2.24, 2.45) is 5.92 Å². The number of carboxylic acids is 1. The van der Waals surface area contributed by atoms with Crippen LogP contribution in [-0.2, 0) is 42.9 Å². The summed E-state index contributed by atoms with van der Waals surface area (Å²) >= 11 is 1.97. The van der Waals surface area contributed by atoms with E-state index in [2.05, 4.69) is 16.0 Å². The van der Waals surface area contributed by atoms with E-state index in [0.717, 1.165) is 62.9 Å². The van der Waals surface area contributed by atoms with Crippen molar-refractivity contribution in [3.05, 3.63) is 0 Å². The van der Waals surface area contributed by atoms with E-state index in [9.17, 15) is 24.0 Å². The maximum absolute atomic E-state index is 12.4. The Morgan fingerprint density at radius 2 is 1.04 bits per heavy atom. The fourth-order valence-corrected chi connectivity index (χ4v) is 5.66. The summed E-state index contributed by atoms with van der Waals surface area (Å²) in [4.78, 5) is 58.6. The molecule has 0 heterocycles. The molecule has 0 saturated heterocycles. The van der Waals surface area contributed by atoms with Gasteiger partial charge in [-0.2, -0.15) is 11.8 Å². The lowest BCUT2D eigenvalue weighted by Gasteiger charge is -2.26. The molecule has 0 fully saturated rings. The number of esters is 1. The average molecular weight is 748 g/mol. The maximum Gasteiger partial charge on any atom is 0.329 e. The molecule has 0 aromatic carbocycles. The highest BCUT2D eigenvalue weighted by molar-refractivity contribution is 7.99. The van der Waals surface area contributed by atoms with Crippen molar-refractivity contribution in [3.8, 4) is 0 Å². The maximum atomic E-state index is 12.4. The third-order valence-electron chi connectivity index (χ3n) is 7.41. The van der Waals surface area contributed by atoms with Gasteiger partial charge in [0.05, 0.1) is 32.8 Å². The van der Waals surface area contributed by atoms with E-state index in [1.165, 1.54) is 6.42 Å². The predicted octanol–water partition coefficient (Wildman–Crippen LogP) is 5.03. The molecule has 0 spiro atoms. The summed E-state index contributed by atoms with van der Waals surface area (Å²) in [5, 5.41) is 17.0. The highest BCUT2D eigenvalue weighted by Gasteiger charge is 2.28. The van der Waals surface area contributed by atoms with Crippen LogP contribution in [-0.4, -0.2) is 111 Å². The fourth-order valence-electron chi connectivity index (χ4n) is 4.64. The van der Waals surface area contributed by atoms with Crippen LogP contribution in [0.4, 0.5) is 0 Å². The number of carbonyl (C=O) groups excluding carboxylic acids is 4. The molecule has 13 nitrogen and oxygen atoms in total. The Kier molecular flexibility index (Phi) is 30.7. The van der Waals surface area contributed by atoms with Crippen LogP contribution in [0.5, 0.6) is 0 Å². The first kappa shape index (κ1) is 48.6. The second-order valence-electron chi connectivity index (χ2n) is 13.9. The van der Waals surface area contributed by atoms with Crippen LogP contribution in [0.3, 0.4) is 0 Å². The Morgan fingerprint density at radius 3 is 1.55 bits per heavy atom. The zero-order valence-corrected chi connectivity index (χ0v) is 33.0. The van der Waals surface area contributed by atoms with Crippen molar-refractivity contribution >= 4 is 41.4 Å². The Hall–Kier alpha value is -2.42. The molecule has 0 aliphatic heterocycles. The van der Waals surface area contributed by atoms with Gasteiger partial charge in [-0.3, -0.25) is 19.2 Å². The molecule has 0 aliphatic rings. The van der Waals surface area contributed by atoms with Gasteiger partial charge in [0, 0.05) is 45.6 Å². The summed E-state index contributed by atoms with van der Waals surface area (Å²) in [6.45, 7) is 13.2. The van der Waals surface area contributed by atoms with E-state index in [-0.39, 0.29) is 42.5 Å². The molecule has 0 aliphatic carbocycles. The standard InChI is InChI=1S/C37H69N3O10S/c1-30(2)35(36(46)50-37(3,4)5)40-33(43)17-10-7-6-8-12-28-51-29-13-9-11-16-31(41)38-20-14-22-47-24-26-49-27-25-48-23-15-21-39-32(42)18-19-34(44)45/h30,35H,6-29H2,1-5H3,(H,38,41)(H,39,42)(H,40,43)(H,44,45). The number of carboxylic acid groups (broad SMARTS) is 1. The quantitative estimate of drug-likeness (QED) is 0.0513. The zero-order valence-electron chi connectivity index (χ0n) is 32.2. The topological polar surface area (TPSA) is 179 Å². The van der Waals surface area contributed by atoms with E-state index in [1.54, 1.807) is 0 Å². The molecule has 0 rings (SSSR count). The van der Waals surface area contributed by atoms with Gasteiger partial charge in [0.25, 0.3) is 0 Å². The van der Waals surface area contributed by atoms with Gasteiger partial charge >= 0.3 is 11.9 Å². The minimum absolute atomic E-state index is 0.0132. The van der Waals surface area contributed by atoms with Gasteiger partial charge in [0.1, 0.15) is 11.6 Å². The Morgan fingerprint density at radius 1 is 0.588 bits per heavy atom. The summed E-state index contributed by atoms with van der Waals surface area (Å²) in [7, 11) is 0. The van der Waals surface area contributed by atoms with E-state index < -0.39 is 17.6 Å². The molecule has 1 atom stereocenters. The lowest BCUT2D eigenvalue weighted by Crippen LogP contribution is -2.47. The third kappa shape index (κ3) is 34.4. The van der Waals surface area contributed by atoms with Gasteiger partial charge in [-0.15, -0.1) is 0 Å². The van der Waals surface area contributed by atoms with Gasteiger partial charge < -0.3 is 40.0 Å². The first-order chi connectivity index (χ1) is 24.3. The van der Waals surface area contributed by atoms with E-state index in [4.69, 9.17) is 24.1 Å². The van der Waals surface area contributed by atoms with E-state index in [0.29, 0.717) is 72.0 Å². The van der Waals surface area contributed by atoms with Crippen molar-refractivity contribution in [2.45, 2.75) is 136 Å².